The standard InChI is InChI=1S/C24H23BrN4O7S/c1-12-27-23(36-29-12)15-11-37-10-14-16(30)8-17(34-2)20(25)19(14)24(33)35-21(13-6-4-3-5-7-13)22(32)26-9-18(31)28-15/h3-8,15,21,30H,9-11H2,1-2H3,(H,26,32)(H,28,31)/t15-,21+/m0/s1. The number of phenolic OH excluding ortho intramolecular Hbond substituents is 1. The van der Waals surface area contributed by atoms with Crippen LogP contribution in [0.15, 0.2) is 45.4 Å². The summed E-state index contributed by atoms with van der Waals surface area (Å²) in [5.41, 5.74) is 0.683. The predicted molar refractivity (Wildman–Crippen MR) is 136 cm³/mol. The van der Waals surface area contributed by atoms with Crippen molar-refractivity contribution < 1.29 is 33.5 Å². The van der Waals surface area contributed by atoms with Crippen LogP contribution < -0.4 is 15.4 Å². The first-order chi connectivity index (χ1) is 17.8. The Morgan fingerprint density at radius 2 is 1.97 bits per heavy atom. The van der Waals surface area contributed by atoms with Crippen molar-refractivity contribution >= 4 is 45.5 Å². The second-order valence-corrected chi connectivity index (χ2v) is 9.82. The van der Waals surface area contributed by atoms with Crippen LogP contribution in [0.3, 0.4) is 0 Å². The van der Waals surface area contributed by atoms with E-state index in [0.29, 0.717) is 11.4 Å². The number of nitrogens with one attached hydrogen (secondary N) is 2. The minimum atomic E-state index is -1.36. The molecule has 4 rings (SSSR count). The maximum Gasteiger partial charge on any atom is 0.341 e. The Morgan fingerprint density at radius 3 is 2.65 bits per heavy atom. The Kier molecular flexibility index (Phi) is 8.34. The van der Waals surface area contributed by atoms with E-state index in [0.717, 1.165) is 0 Å². The first kappa shape index (κ1) is 26.5. The molecule has 0 saturated carbocycles. The molecule has 1 aliphatic rings. The molecule has 0 bridgehead atoms. The molecule has 0 saturated heterocycles. The molecule has 2 amide bonds. The number of thioether (sulfide) groups is 1. The molecular formula is C24H23BrN4O7S. The van der Waals surface area contributed by atoms with Crippen LogP contribution in [0.1, 0.15) is 45.3 Å². The third-order valence-electron chi connectivity index (χ3n) is 5.43. The molecule has 11 nitrogen and oxygen atoms in total. The molecule has 0 fully saturated rings. The number of hydrogen-bond donors (Lipinski definition) is 3. The van der Waals surface area contributed by atoms with Gasteiger partial charge in [-0.3, -0.25) is 9.59 Å². The molecule has 2 heterocycles. The van der Waals surface area contributed by atoms with E-state index in [1.54, 1.807) is 37.3 Å². The van der Waals surface area contributed by atoms with E-state index >= 15 is 0 Å². The van der Waals surface area contributed by atoms with Crippen LogP contribution in [0.25, 0.3) is 0 Å². The van der Waals surface area contributed by atoms with Gasteiger partial charge in [0.25, 0.3) is 5.91 Å². The van der Waals surface area contributed by atoms with Gasteiger partial charge in [-0.2, -0.15) is 16.7 Å². The fraction of sp³-hybridized carbons (Fsp3) is 0.292. The van der Waals surface area contributed by atoms with Gasteiger partial charge in [0.15, 0.2) is 5.82 Å². The van der Waals surface area contributed by atoms with Crippen LogP contribution in [0.5, 0.6) is 11.5 Å². The van der Waals surface area contributed by atoms with Crippen molar-refractivity contribution in [3.63, 3.8) is 0 Å². The lowest BCUT2D eigenvalue weighted by Gasteiger charge is -2.22. The van der Waals surface area contributed by atoms with Gasteiger partial charge in [-0.1, -0.05) is 35.5 Å². The van der Waals surface area contributed by atoms with Gasteiger partial charge in [-0.15, -0.1) is 0 Å². The number of phenols is 1. The molecular weight excluding hydrogens is 568 g/mol. The summed E-state index contributed by atoms with van der Waals surface area (Å²) in [6.07, 6.45) is -1.36. The molecule has 0 aliphatic carbocycles. The first-order valence-electron chi connectivity index (χ1n) is 11.1. The third kappa shape index (κ3) is 6.05. The highest BCUT2D eigenvalue weighted by molar-refractivity contribution is 9.10. The number of aryl methyl sites for hydroxylation is 1. The molecule has 3 N–H and O–H groups in total. The first-order valence-corrected chi connectivity index (χ1v) is 13.0. The number of fused-ring (bicyclic) bond motifs is 1. The number of hydrogen-bond acceptors (Lipinski definition) is 10. The number of benzene rings is 2. The monoisotopic (exact) mass is 590 g/mol. The van der Waals surface area contributed by atoms with E-state index in [2.05, 4.69) is 36.7 Å². The number of carbonyl (C=O) groups excluding carboxylic acids is 3. The van der Waals surface area contributed by atoms with Crippen molar-refractivity contribution in [2.75, 3.05) is 19.4 Å². The van der Waals surface area contributed by atoms with E-state index in [4.69, 9.17) is 14.0 Å². The zero-order valence-corrected chi connectivity index (χ0v) is 22.2. The molecule has 1 aromatic heterocycles. The minimum absolute atomic E-state index is 0.0179. The average Bonchev–Trinajstić information content (AvgIpc) is 3.33. The quantitative estimate of drug-likeness (QED) is 0.388. The third-order valence-corrected chi connectivity index (χ3v) is 7.28. The molecule has 0 radical (unpaired) electrons. The Balaban J connectivity index is 1.76. The molecule has 194 valence electrons. The zero-order valence-electron chi connectivity index (χ0n) is 19.8. The van der Waals surface area contributed by atoms with Crippen molar-refractivity contribution in [1.82, 2.24) is 20.8 Å². The van der Waals surface area contributed by atoms with Gasteiger partial charge in [-0.05, 0) is 22.9 Å². The summed E-state index contributed by atoms with van der Waals surface area (Å²) >= 11 is 4.70. The normalized spacial score (nSPS) is 19.2. The van der Waals surface area contributed by atoms with Crippen LogP contribution in [-0.4, -0.2) is 52.4 Å². The lowest BCUT2D eigenvalue weighted by Crippen LogP contribution is -2.42. The Morgan fingerprint density at radius 1 is 1.22 bits per heavy atom. The van der Waals surface area contributed by atoms with Gasteiger partial charge in [-0.25, -0.2) is 4.79 Å². The van der Waals surface area contributed by atoms with Gasteiger partial charge < -0.3 is 29.7 Å². The van der Waals surface area contributed by atoms with E-state index in [1.807, 2.05) is 0 Å². The number of carbonyl (C=O) groups is 3. The molecule has 1 aliphatic heterocycles. The molecule has 2 atom stereocenters. The van der Waals surface area contributed by atoms with Gasteiger partial charge in [0.05, 0.1) is 23.7 Å². The second-order valence-electron chi connectivity index (χ2n) is 7.99. The number of nitrogens with zero attached hydrogens (tertiary/aromatic N) is 2. The van der Waals surface area contributed by atoms with Gasteiger partial charge in [0.2, 0.25) is 17.9 Å². The molecule has 3 aromatic rings. The second kappa shape index (κ2) is 11.6. The van der Waals surface area contributed by atoms with Crippen LogP contribution in [-0.2, 0) is 20.1 Å². The number of esters is 1. The highest BCUT2D eigenvalue weighted by Crippen LogP contribution is 2.40. The Bertz CT molecular complexity index is 1320. The van der Waals surface area contributed by atoms with Gasteiger partial charge >= 0.3 is 5.97 Å². The number of halogens is 1. The SMILES string of the molecule is COc1cc(O)c2c(c1Br)C(=O)O[C@H](c1ccccc1)C(=O)NCC(=O)N[C@H](c1nc(C)no1)CSC2. The summed E-state index contributed by atoms with van der Waals surface area (Å²) in [6, 6.07) is 9.10. The fourth-order valence-corrected chi connectivity index (χ4v) is 5.40. The van der Waals surface area contributed by atoms with Gasteiger partial charge in [0, 0.05) is 28.7 Å². The summed E-state index contributed by atoms with van der Waals surface area (Å²) in [7, 11) is 1.40. The summed E-state index contributed by atoms with van der Waals surface area (Å²) in [6.45, 7) is 1.28. The highest BCUT2D eigenvalue weighted by atomic mass is 79.9. The molecule has 2 aromatic carbocycles. The van der Waals surface area contributed by atoms with Crippen molar-refractivity contribution in [3.8, 4) is 11.5 Å². The van der Waals surface area contributed by atoms with Crippen LogP contribution in [0, 0.1) is 6.92 Å². The van der Waals surface area contributed by atoms with Crippen LogP contribution in [0.2, 0.25) is 0 Å². The summed E-state index contributed by atoms with van der Waals surface area (Å²) in [5, 5.41) is 19.8. The molecule has 37 heavy (non-hydrogen) atoms. The number of amides is 2. The summed E-state index contributed by atoms with van der Waals surface area (Å²) < 4.78 is 16.5. The number of aromatic hydroxyl groups is 1. The summed E-state index contributed by atoms with van der Waals surface area (Å²) in [4.78, 5) is 43.5. The van der Waals surface area contributed by atoms with E-state index in [-0.39, 0.29) is 51.0 Å². The number of aromatic nitrogens is 2. The smallest absolute Gasteiger partial charge is 0.341 e. The van der Waals surface area contributed by atoms with Crippen LogP contribution >= 0.6 is 27.7 Å². The van der Waals surface area contributed by atoms with Crippen molar-refractivity contribution in [2.24, 2.45) is 0 Å². The van der Waals surface area contributed by atoms with Crippen LogP contribution in [0.4, 0.5) is 0 Å². The zero-order chi connectivity index (χ0) is 26.5. The number of methoxy groups -OCH3 is 1. The molecule has 0 spiro atoms. The largest absolute Gasteiger partial charge is 0.507 e. The number of rotatable bonds is 3. The minimum Gasteiger partial charge on any atom is -0.507 e. The lowest BCUT2D eigenvalue weighted by molar-refractivity contribution is -0.132. The van der Waals surface area contributed by atoms with Crippen molar-refractivity contribution in [3.05, 3.63) is 69.3 Å². The van der Waals surface area contributed by atoms with Gasteiger partial charge in [0.1, 0.15) is 17.5 Å². The van der Waals surface area contributed by atoms with Crippen molar-refractivity contribution in [1.29, 1.82) is 0 Å². The fourth-order valence-electron chi connectivity index (χ4n) is 3.65. The predicted octanol–water partition coefficient (Wildman–Crippen LogP) is 2.97. The van der Waals surface area contributed by atoms with Crippen molar-refractivity contribution in [2.45, 2.75) is 24.8 Å². The number of cyclic esters (lactones) is 1. The Labute approximate surface area is 224 Å². The van der Waals surface area contributed by atoms with E-state index in [9.17, 15) is 19.5 Å². The molecule has 0 unspecified atom stereocenters. The topological polar surface area (TPSA) is 153 Å². The lowest BCUT2D eigenvalue weighted by atomic mass is 10.1. The average molecular weight is 591 g/mol. The summed E-state index contributed by atoms with van der Waals surface area (Å²) in [5.74, 6) is -1.02. The molecule has 13 heteroatoms. The van der Waals surface area contributed by atoms with E-state index < -0.39 is 29.9 Å². The number of ether oxygens (including phenoxy) is 2. The van der Waals surface area contributed by atoms with E-state index in [1.165, 1.54) is 24.9 Å². The highest BCUT2D eigenvalue weighted by Gasteiger charge is 2.31. The Hall–Kier alpha value is -3.58. The maximum absolute atomic E-state index is 13.5. The maximum atomic E-state index is 13.5.